The number of hydrogen-bond donors (Lipinski definition) is 0. The first-order valence-electron chi connectivity index (χ1n) is 8.07. The molecule has 0 aliphatic heterocycles. The minimum atomic E-state index is -0.148. The van der Waals surface area contributed by atoms with E-state index in [2.05, 4.69) is 0 Å². The van der Waals surface area contributed by atoms with Gasteiger partial charge >= 0.3 is 0 Å². The van der Waals surface area contributed by atoms with Crippen molar-refractivity contribution in [3.05, 3.63) is 35.9 Å². The highest BCUT2D eigenvalue weighted by atomic mass is 16.1. The van der Waals surface area contributed by atoms with Crippen LogP contribution in [0.4, 0.5) is 0 Å². The van der Waals surface area contributed by atoms with E-state index in [9.17, 15) is 14.4 Å². The van der Waals surface area contributed by atoms with Gasteiger partial charge in [0.2, 0.25) is 0 Å². The molecule has 2 rings (SSSR count). The van der Waals surface area contributed by atoms with Crippen molar-refractivity contribution in [3.8, 4) is 0 Å². The van der Waals surface area contributed by atoms with Gasteiger partial charge in [0.15, 0.2) is 5.78 Å². The summed E-state index contributed by atoms with van der Waals surface area (Å²) in [4.78, 5) is 36.0. The van der Waals surface area contributed by atoms with Crippen LogP contribution >= 0.6 is 0 Å². The van der Waals surface area contributed by atoms with Crippen molar-refractivity contribution < 1.29 is 14.4 Å². The minimum Gasteiger partial charge on any atom is -0.300 e. The number of ketones is 3. The number of carbonyl (C=O) groups is 3. The summed E-state index contributed by atoms with van der Waals surface area (Å²) in [6.07, 6.45) is 3.68. The van der Waals surface area contributed by atoms with Crippen LogP contribution in [0.15, 0.2) is 30.3 Å². The molecular weight excluding hydrogens is 276 g/mol. The minimum absolute atomic E-state index is 0.0725. The zero-order chi connectivity index (χ0) is 16.1. The van der Waals surface area contributed by atoms with Gasteiger partial charge in [-0.2, -0.15) is 0 Å². The summed E-state index contributed by atoms with van der Waals surface area (Å²) in [5, 5.41) is 0. The standard InChI is InChI=1S/C19H24O3/c1-13(20)11-16-9-6-10-17(19(16)14(2)21)12-18(22)15-7-4-3-5-8-15/h3-5,7-8,16-17,19H,6,9-12H2,1-2H3/t16-,17+,19-/m0/s1. The number of rotatable bonds is 6. The summed E-state index contributed by atoms with van der Waals surface area (Å²) in [7, 11) is 0. The summed E-state index contributed by atoms with van der Waals surface area (Å²) in [6.45, 7) is 3.18. The number of carbonyl (C=O) groups excluding carboxylic acids is 3. The van der Waals surface area contributed by atoms with E-state index in [0.717, 1.165) is 19.3 Å². The second-order valence-electron chi connectivity index (χ2n) is 6.49. The van der Waals surface area contributed by atoms with E-state index in [4.69, 9.17) is 0 Å². The molecular formula is C19H24O3. The molecule has 3 atom stereocenters. The van der Waals surface area contributed by atoms with Crippen molar-refractivity contribution in [2.24, 2.45) is 17.8 Å². The third-order valence-corrected chi connectivity index (χ3v) is 4.73. The SMILES string of the molecule is CC(=O)C[C@@H]1CCC[C@H](CC(=O)c2ccccc2)[C@H]1C(C)=O. The molecule has 1 aliphatic rings. The molecule has 118 valence electrons. The molecule has 1 aliphatic carbocycles. The summed E-state index contributed by atoms with van der Waals surface area (Å²) >= 11 is 0. The molecule has 0 spiro atoms. The largest absolute Gasteiger partial charge is 0.300 e. The molecule has 1 fully saturated rings. The van der Waals surface area contributed by atoms with Crippen LogP contribution in [-0.4, -0.2) is 17.3 Å². The third kappa shape index (κ3) is 4.12. The lowest BCUT2D eigenvalue weighted by Crippen LogP contribution is -2.35. The van der Waals surface area contributed by atoms with E-state index >= 15 is 0 Å². The zero-order valence-electron chi connectivity index (χ0n) is 13.4. The number of Topliss-reactive ketones (excluding diaryl/α,β-unsaturated/α-hetero) is 3. The first-order chi connectivity index (χ1) is 10.5. The molecule has 0 N–H and O–H groups in total. The molecule has 1 saturated carbocycles. The van der Waals surface area contributed by atoms with Crippen molar-refractivity contribution >= 4 is 17.3 Å². The van der Waals surface area contributed by atoms with Gasteiger partial charge in [0.1, 0.15) is 11.6 Å². The Balaban J connectivity index is 2.12. The van der Waals surface area contributed by atoms with E-state index in [1.54, 1.807) is 13.8 Å². The molecule has 1 aromatic carbocycles. The van der Waals surface area contributed by atoms with Crippen LogP contribution in [0.2, 0.25) is 0 Å². The summed E-state index contributed by atoms with van der Waals surface area (Å²) < 4.78 is 0. The zero-order valence-corrected chi connectivity index (χ0v) is 13.4. The van der Waals surface area contributed by atoms with E-state index in [-0.39, 0.29) is 35.1 Å². The first-order valence-corrected chi connectivity index (χ1v) is 8.07. The highest BCUT2D eigenvalue weighted by Gasteiger charge is 2.37. The highest BCUT2D eigenvalue weighted by Crippen LogP contribution is 2.39. The van der Waals surface area contributed by atoms with Gasteiger partial charge in [0, 0.05) is 24.3 Å². The summed E-state index contributed by atoms with van der Waals surface area (Å²) in [5.41, 5.74) is 0.707. The van der Waals surface area contributed by atoms with Gasteiger partial charge in [-0.1, -0.05) is 36.8 Å². The van der Waals surface area contributed by atoms with Crippen molar-refractivity contribution in [2.45, 2.75) is 46.0 Å². The van der Waals surface area contributed by atoms with Gasteiger partial charge in [0.05, 0.1) is 0 Å². The van der Waals surface area contributed by atoms with Gasteiger partial charge in [-0.15, -0.1) is 0 Å². The van der Waals surface area contributed by atoms with E-state index < -0.39 is 0 Å². The molecule has 0 bridgehead atoms. The first kappa shape index (κ1) is 16.6. The third-order valence-electron chi connectivity index (χ3n) is 4.73. The predicted octanol–water partition coefficient (Wildman–Crippen LogP) is 3.86. The van der Waals surface area contributed by atoms with Crippen LogP contribution in [-0.2, 0) is 9.59 Å². The Labute approximate surface area is 132 Å². The topological polar surface area (TPSA) is 51.2 Å². The smallest absolute Gasteiger partial charge is 0.163 e. The maximum atomic E-state index is 12.4. The molecule has 3 heteroatoms. The lowest BCUT2D eigenvalue weighted by Gasteiger charge is -2.36. The lowest BCUT2D eigenvalue weighted by molar-refractivity contribution is -0.127. The van der Waals surface area contributed by atoms with Gasteiger partial charge < -0.3 is 4.79 Å². The number of benzene rings is 1. The van der Waals surface area contributed by atoms with Crippen molar-refractivity contribution in [2.75, 3.05) is 0 Å². The molecule has 0 aromatic heterocycles. The van der Waals surface area contributed by atoms with E-state index in [0.29, 0.717) is 18.4 Å². The fourth-order valence-electron chi connectivity index (χ4n) is 3.86. The Morgan fingerprint density at radius 2 is 1.55 bits per heavy atom. The second kappa shape index (κ2) is 7.48. The normalized spacial score (nSPS) is 24.7. The molecule has 0 saturated heterocycles. The lowest BCUT2D eigenvalue weighted by atomic mass is 9.67. The Hall–Kier alpha value is -1.77. The average Bonchev–Trinajstić information content (AvgIpc) is 2.47. The van der Waals surface area contributed by atoms with Crippen molar-refractivity contribution in [1.82, 2.24) is 0 Å². The quantitative estimate of drug-likeness (QED) is 0.750. The Morgan fingerprint density at radius 3 is 2.09 bits per heavy atom. The Bertz CT molecular complexity index is 547. The molecule has 0 amide bonds. The van der Waals surface area contributed by atoms with Crippen molar-refractivity contribution in [3.63, 3.8) is 0 Å². The highest BCUT2D eigenvalue weighted by molar-refractivity contribution is 5.96. The van der Waals surface area contributed by atoms with Crippen LogP contribution in [0.5, 0.6) is 0 Å². The molecule has 22 heavy (non-hydrogen) atoms. The van der Waals surface area contributed by atoms with Gasteiger partial charge in [0.25, 0.3) is 0 Å². The summed E-state index contributed by atoms with van der Waals surface area (Å²) in [5.74, 6) is 0.384. The maximum Gasteiger partial charge on any atom is 0.163 e. The van der Waals surface area contributed by atoms with Crippen LogP contribution in [0.25, 0.3) is 0 Å². The summed E-state index contributed by atoms with van der Waals surface area (Å²) in [6, 6.07) is 9.24. The van der Waals surface area contributed by atoms with Crippen LogP contribution in [0.1, 0.15) is 56.3 Å². The van der Waals surface area contributed by atoms with Gasteiger partial charge in [-0.25, -0.2) is 0 Å². The fourth-order valence-corrected chi connectivity index (χ4v) is 3.86. The van der Waals surface area contributed by atoms with Gasteiger partial charge in [-0.3, -0.25) is 9.59 Å². The maximum absolute atomic E-state index is 12.4. The predicted molar refractivity (Wildman–Crippen MR) is 85.7 cm³/mol. The molecule has 1 aromatic rings. The number of hydrogen-bond acceptors (Lipinski definition) is 3. The fraction of sp³-hybridized carbons (Fsp3) is 0.526. The Morgan fingerprint density at radius 1 is 0.955 bits per heavy atom. The Kier molecular flexibility index (Phi) is 5.64. The van der Waals surface area contributed by atoms with E-state index in [1.807, 2.05) is 30.3 Å². The second-order valence-corrected chi connectivity index (χ2v) is 6.49. The van der Waals surface area contributed by atoms with Crippen molar-refractivity contribution in [1.29, 1.82) is 0 Å². The van der Waals surface area contributed by atoms with Crippen LogP contribution < -0.4 is 0 Å². The molecule has 0 radical (unpaired) electrons. The molecule has 0 unspecified atom stereocenters. The molecule has 3 nitrogen and oxygen atoms in total. The monoisotopic (exact) mass is 300 g/mol. The van der Waals surface area contributed by atoms with Crippen LogP contribution in [0, 0.1) is 17.8 Å². The average molecular weight is 300 g/mol. The van der Waals surface area contributed by atoms with Gasteiger partial charge in [-0.05, 0) is 38.5 Å². The molecule has 0 heterocycles. The van der Waals surface area contributed by atoms with Crippen LogP contribution in [0.3, 0.4) is 0 Å². The van der Waals surface area contributed by atoms with E-state index in [1.165, 1.54) is 0 Å².